The number of anilines is 1. The number of hydrogen-bond acceptors (Lipinski definition) is 5. The fraction of sp³-hybridized carbons (Fsp3) is 0.250. The molecular weight excluding hydrogens is 474 g/mol. The summed E-state index contributed by atoms with van der Waals surface area (Å²) < 4.78 is 32.0. The van der Waals surface area contributed by atoms with Gasteiger partial charge in [-0.1, -0.05) is 60.7 Å². The van der Waals surface area contributed by atoms with E-state index in [2.05, 4.69) is 29.2 Å². The maximum Gasteiger partial charge on any atom is 0.243 e. The first-order valence-electron chi connectivity index (χ1n) is 11.9. The van der Waals surface area contributed by atoms with Gasteiger partial charge in [-0.25, -0.2) is 8.42 Å². The van der Waals surface area contributed by atoms with Gasteiger partial charge >= 0.3 is 0 Å². The molecule has 1 amide bonds. The van der Waals surface area contributed by atoms with E-state index in [1.54, 1.807) is 29.2 Å². The number of piperazine rings is 1. The SMILES string of the molecule is CS(=O)(=O)N(CC(=O)N1CCN(C/C=C/c2ccccc2)CC1)c1ccc(Oc2ccccc2)cc1. The molecule has 0 N–H and O–H groups in total. The van der Waals surface area contributed by atoms with Crippen LogP contribution in [0.25, 0.3) is 6.08 Å². The van der Waals surface area contributed by atoms with E-state index in [9.17, 15) is 13.2 Å². The Morgan fingerprint density at radius 1 is 0.861 bits per heavy atom. The lowest BCUT2D eigenvalue weighted by atomic mass is 10.2. The van der Waals surface area contributed by atoms with Crippen molar-refractivity contribution in [1.29, 1.82) is 0 Å². The second-order valence-electron chi connectivity index (χ2n) is 8.67. The highest BCUT2D eigenvalue weighted by atomic mass is 32.2. The van der Waals surface area contributed by atoms with Crippen molar-refractivity contribution >= 4 is 27.7 Å². The van der Waals surface area contributed by atoms with Gasteiger partial charge in [0.25, 0.3) is 0 Å². The molecule has 3 aromatic rings. The molecule has 0 saturated carbocycles. The van der Waals surface area contributed by atoms with Crippen molar-refractivity contribution < 1.29 is 17.9 Å². The van der Waals surface area contributed by atoms with Crippen LogP contribution in [0.5, 0.6) is 11.5 Å². The highest BCUT2D eigenvalue weighted by Crippen LogP contribution is 2.25. The van der Waals surface area contributed by atoms with Crippen LogP contribution in [0.15, 0.2) is 91.0 Å². The Morgan fingerprint density at radius 3 is 2.06 bits per heavy atom. The second kappa shape index (κ2) is 11.9. The monoisotopic (exact) mass is 505 g/mol. The second-order valence-corrected chi connectivity index (χ2v) is 10.6. The summed E-state index contributed by atoms with van der Waals surface area (Å²) in [6, 6.07) is 26.2. The van der Waals surface area contributed by atoms with Crippen LogP contribution in [0.1, 0.15) is 5.56 Å². The van der Waals surface area contributed by atoms with E-state index in [4.69, 9.17) is 4.74 Å². The first kappa shape index (κ1) is 25.5. The Hall–Kier alpha value is -3.62. The zero-order valence-electron chi connectivity index (χ0n) is 20.4. The van der Waals surface area contributed by atoms with Gasteiger partial charge < -0.3 is 9.64 Å². The molecular formula is C28H31N3O4S. The van der Waals surface area contributed by atoms with Crippen LogP contribution in [0.2, 0.25) is 0 Å². The minimum absolute atomic E-state index is 0.204. The fourth-order valence-electron chi connectivity index (χ4n) is 4.01. The maximum atomic E-state index is 13.0. The van der Waals surface area contributed by atoms with Gasteiger partial charge in [0.15, 0.2) is 0 Å². The number of sulfonamides is 1. The summed E-state index contributed by atoms with van der Waals surface area (Å²) in [4.78, 5) is 17.0. The van der Waals surface area contributed by atoms with Crippen LogP contribution in [0.3, 0.4) is 0 Å². The number of nitrogens with zero attached hydrogens (tertiary/aromatic N) is 3. The molecule has 7 nitrogen and oxygen atoms in total. The van der Waals surface area contributed by atoms with E-state index in [1.165, 1.54) is 0 Å². The van der Waals surface area contributed by atoms with Gasteiger partial charge in [-0.05, 0) is 42.0 Å². The average molecular weight is 506 g/mol. The summed E-state index contributed by atoms with van der Waals surface area (Å²) >= 11 is 0. The highest BCUT2D eigenvalue weighted by Gasteiger charge is 2.26. The number of rotatable bonds is 9. The van der Waals surface area contributed by atoms with Crippen LogP contribution in [0, 0.1) is 0 Å². The molecule has 0 bridgehead atoms. The molecule has 1 aliphatic rings. The lowest BCUT2D eigenvalue weighted by molar-refractivity contribution is -0.131. The van der Waals surface area contributed by atoms with Gasteiger partial charge in [0, 0.05) is 32.7 Å². The Morgan fingerprint density at radius 2 is 1.44 bits per heavy atom. The number of hydrogen-bond donors (Lipinski definition) is 0. The third kappa shape index (κ3) is 7.19. The lowest BCUT2D eigenvalue weighted by Gasteiger charge is -2.35. The predicted molar refractivity (Wildman–Crippen MR) is 144 cm³/mol. The quantitative estimate of drug-likeness (QED) is 0.438. The van der Waals surface area contributed by atoms with Crippen LogP contribution < -0.4 is 9.04 Å². The van der Waals surface area contributed by atoms with Gasteiger partial charge in [0.05, 0.1) is 11.9 Å². The molecule has 3 aromatic carbocycles. The van der Waals surface area contributed by atoms with Gasteiger partial charge in [0.2, 0.25) is 15.9 Å². The lowest BCUT2D eigenvalue weighted by Crippen LogP contribution is -2.51. The normalized spacial score (nSPS) is 14.6. The summed E-state index contributed by atoms with van der Waals surface area (Å²) in [5.41, 5.74) is 1.59. The molecule has 0 unspecified atom stereocenters. The van der Waals surface area contributed by atoms with Gasteiger partial charge in [-0.3, -0.25) is 14.0 Å². The smallest absolute Gasteiger partial charge is 0.243 e. The number of carbonyl (C=O) groups excluding carboxylic acids is 1. The topological polar surface area (TPSA) is 70.2 Å². The van der Waals surface area contributed by atoms with Gasteiger partial charge in [-0.2, -0.15) is 0 Å². The molecule has 0 aliphatic carbocycles. The van der Waals surface area contributed by atoms with Crippen molar-refractivity contribution in [3.05, 3.63) is 96.6 Å². The molecule has 0 aromatic heterocycles. The van der Waals surface area contributed by atoms with E-state index in [0.29, 0.717) is 30.3 Å². The van der Waals surface area contributed by atoms with E-state index in [1.807, 2.05) is 48.5 Å². The summed E-state index contributed by atoms with van der Waals surface area (Å²) in [7, 11) is -3.65. The molecule has 1 heterocycles. The van der Waals surface area contributed by atoms with Crippen LogP contribution >= 0.6 is 0 Å². The predicted octanol–water partition coefficient (Wildman–Crippen LogP) is 4.10. The number of carbonyl (C=O) groups is 1. The van der Waals surface area contributed by atoms with Crippen molar-refractivity contribution in [3.63, 3.8) is 0 Å². The van der Waals surface area contributed by atoms with Crippen LogP contribution in [-0.2, 0) is 14.8 Å². The summed E-state index contributed by atoms with van der Waals surface area (Å²) in [6.45, 7) is 3.21. The molecule has 0 spiro atoms. The van der Waals surface area contributed by atoms with Gasteiger partial charge in [0.1, 0.15) is 18.0 Å². The minimum Gasteiger partial charge on any atom is -0.457 e. The molecule has 0 atom stereocenters. The summed E-state index contributed by atoms with van der Waals surface area (Å²) in [6.07, 6.45) is 5.34. The third-order valence-electron chi connectivity index (χ3n) is 5.98. The first-order chi connectivity index (χ1) is 17.4. The number of benzene rings is 3. The van der Waals surface area contributed by atoms with E-state index in [0.717, 1.165) is 35.8 Å². The summed E-state index contributed by atoms with van der Waals surface area (Å²) in [5.74, 6) is 1.07. The Bertz CT molecular complexity index is 1260. The molecule has 1 saturated heterocycles. The first-order valence-corrected chi connectivity index (χ1v) is 13.8. The molecule has 1 fully saturated rings. The average Bonchev–Trinajstić information content (AvgIpc) is 2.89. The van der Waals surface area contributed by atoms with Crippen molar-refractivity contribution in [2.24, 2.45) is 0 Å². The Labute approximate surface area is 213 Å². The zero-order valence-corrected chi connectivity index (χ0v) is 21.2. The molecule has 0 radical (unpaired) electrons. The number of ether oxygens (including phenoxy) is 1. The number of para-hydroxylation sites is 1. The molecule has 8 heteroatoms. The highest BCUT2D eigenvalue weighted by molar-refractivity contribution is 7.92. The molecule has 4 rings (SSSR count). The minimum atomic E-state index is -3.65. The largest absolute Gasteiger partial charge is 0.457 e. The van der Waals surface area contributed by atoms with Crippen molar-refractivity contribution in [1.82, 2.24) is 9.80 Å². The van der Waals surface area contributed by atoms with Crippen LogP contribution in [0.4, 0.5) is 5.69 Å². The molecule has 1 aliphatic heterocycles. The van der Waals surface area contributed by atoms with E-state index < -0.39 is 10.0 Å². The van der Waals surface area contributed by atoms with E-state index in [-0.39, 0.29) is 12.5 Å². The Balaban J connectivity index is 1.32. The fourth-order valence-corrected chi connectivity index (χ4v) is 4.86. The molecule has 36 heavy (non-hydrogen) atoms. The van der Waals surface area contributed by atoms with Crippen molar-refractivity contribution in [2.75, 3.05) is 49.8 Å². The zero-order chi connectivity index (χ0) is 25.4. The standard InChI is InChI=1S/C28H31N3O4S/c1-36(33,34)31(25-14-16-27(17-15-25)35-26-12-6-3-7-13-26)23-28(32)30-21-19-29(20-22-30)18-8-11-24-9-4-2-5-10-24/h2-17H,18-23H2,1H3/b11-8+. The number of amides is 1. The van der Waals surface area contributed by atoms with Crippen LogP contribution in [-0.4, -0.2) is 69.6 Å². The van der Waals surface area contributed by atoms with Crippen molar-refractivity contribution in [2.45, 2.75) is 0 Å². The third-order valence-corrected chi connectivity index (χ3v) is 7.12. The maximum absolute atomic E-state index is 13.0. The van der Waals surface area contributed by atoms with Crippen molar-refractivity contribution in [3.8, 4) is 11.5 Å². The Kier molecular flexibility index (Phi) is 8.40. The summed E-state index contributed by atoms with van der Waals surface area (Å²) in [5, 5.41) is 0. The van der Waals surface area contributed by atoms with E-state index >= 15 is 0 Å². The molecule has 188 valence electrons. The van der Waals surface area contributed by atoms with Gasteiger partial charge in [-0.15, -0.1) is 0 Å².